The van der Waals surface area contributed by atoms with E-state index in [4.69, 9.17) is 15.6 Å². The number of esters is 2. The summed E-state index contributed by atoms with van der Waals surface area (Å²) in [6.07, 6.45) is 6.47. The van der Waals surface area contributed by atoms with E-state index in [1.165, 1.54) is 26.4 Å². The van der Waals surface area contributed by atoms with Crippen LogP contribution < -0.4 is 16.4 Å². The van der Waals surface area contributed by atoms with Crippen LogP contribution in [0.25, 0.3) is 98.9 Å². The lowest BCUT2D eigenvalue weighted by Crippen LogP contribution is -2.43. The standard InChI is InChI=1S/C25H20N4O3.C24H18N4O3.C13H8N2O2.C12H14N2O2/c1-32-25(31)23(13-16-14-26-18-7-3-2-6-17(16)18)29-24(30)15-10-11-21-22(12-15)28-20-9-5-4-8-19(20)27-21;29-23(14-9-10-20-21(11-14)27-19-8-4-3-7-18(19)26-20)28-22(24(30)31)12-15-13-25-17-6-2-1-5-16(15)17;16-13(17)8-5-6-11-12(7-8)15-10-4-2-1-3-9(10)14-11;1-16-12(15)10(13)6-8-7-14-11-5-3-2-4-9(8)11/h2-12,14,23,26H,13H2,1H3,(H,29,30);1-11,13,22,25H,12H2,(H,28,29)(H,30,31);1-7H,(H,16,17);2-5,7,10,14H,6,13H2,1H3/t23-;22-;;10-/m00.0/s1. The first-order chi connectivity index (χ1) is 46.7. The molecule has 9 aromatic carbocycles. The molecule has 0 fully saturated rings. The van der Waals surface area contributed by atoms with Crippen LogP contribution in [0.15, 0.2) is 219 Å². The molecular formula is C74H60N12O10. The Morgan fingerprint density at radius 2 is 0.688 bits per heavy atom. The van der Waals surface area contributed by atoms with Gasteiger partial charge in [0.2, 0.25) is 0 Å². The Morgan fingerprint density at radius 3 is 1.05 bits per heavy atom. The number of hydrogen-bond donors (Lipinski definition) is 8. The van der Waals surface area contributed by atoms with Gasteiger partial charge in [0.15, 0.2) is 0 Å². The number of H-pyrrole nitrogens is 3. The Hall–Kier alpha value is -12.8. The topological polar surface area (TPSA) is 336 Å². The Morgan fingerprint density at radius 1 is 0.385 bits per heavy atom. The first kappa shape index (κ1) is 63.3. The number of nitrogens with zero attached hydrogens (tertiary/aromatic N) is 6. The second-order valence-corrected chi connectivity index (χ2v) is 22.3. The average molecular weight is 1280 g/mol. The van der Waals surface area contributed by atoms with Gasteiger partial charge in [0.25, 0.3) is 11.8 Å². The van der Waals surface area contributed by atoms with Gasteiger partial charge in [0.1, 0.15) is 18.1 Å². The number of amides is 2. The van der Waals surface area contributed by atoms with Crippen molar-refractivity contribution in [2.24, 2.45) is 5.73 Å². The van der Waals surface area contributed by atoms with E-state index >= 15 is 0 Å². The minimum Gasteiger partial charge on any atom is -0.480 e. The van der Waals surface area contributed by atoms with Gasteiger partial charge in [-0.15, -0.1) is 0 Å². The zero-order valence-corrected chi connectivity index (χ0v) is 51.6. The summed E-state index contributed by atoms with van der Waals surface area (Å²) >= 11 is 0. The molecule has 6 aromatic heterocycles. The molecular weight excluding hydrogens is 1220 g/mol. The summed E-state index contributed by atoms with van der Waals surface area (Å²) in [6.45, 7) is 0. The zero-order valence-electron chi connectivity index (χ0n) is 51.6. The molecule has 0 spiro atoms. The molecule has 2 amide bonds. The number of carboxylic acid groups (broad SMARTS) is 2. The molecule has 22 heteroatoms. The number of nitrogens with one attached hydrogen (secondary N) is 5. The number of methoxy groups -OCH3 is 2. The Labute approximate surface area is 545 Å². The van der Waals surface area contributed by atoms with Gasteiger partial charge in [0.05, 0.1) is 86.0 Å². The number of para-hydroxylation sites is 9. The van der Waals surface area contributed by atoms with Gasteiger partial charge in [-0.3, -0.25) is 14.4 Å². The highest BCUT2D eigenvalue weighted by atomic mass is 16.5. The van der Waals surface area contributed by atoms with E-state index in [2.05, 4.69) is 60.2 Å². The summed E-state index contributed by atoms with van der Waals surface area (Å²) in [7, 11) is 2.66. The second kappa shape index (κ2) is 28.4. The van der Waals surface area contributed by atoms with E-state index in [9.17, 15) is 33.9 Å². The van der Waals surface area contributed by atoms with E-state index in [0.29, 0.717) is 57.1 Å². The van der Waals surface area contributed by atoms with Crippen molar-refractivity contribution in [2.75, 3.05) is 14.2 Å². The molecule has 0 unspecified atom stereocenters. The van der Waals surface area contributed by atoms with Crippen molar-refractivity contribution in [3.05, 3.63) is 252 Å². The van der Waals surface area contributed by atoms with E-state index in [0.717, 1.165) is 82.5 Å². The number of aromatic amines is 3. The molecule has 0 bridgehead atoms. The number of fused-ring (bicyclic) bond motifs is 9. The fraction of sp³-hybridized carbons (Fsp3) is 0.108. The lowest BCUT2D eigenvalue weighted by atomic mass is 10.0. The quantitative estimate of drug-likeness (QED) is 0.0370. The largest absolute Gasteiger partial charge is 0.480 e. The number of aliphatic carboxylic acids is 1. The first-order valence-electron chi connectivity index (χ1n) is 30.3. The predicted octanol–water partition coefficient (Wildman–Crippen LogP) is 11.2. The van der Waals surface area contributed by atoms with Gasteiger partial charge in [-0.05, 0) is 126 Å². The third-order valence-electron chi connectivity index (χ3n) is 16.0. The first-order valence-corrected chi connectivity index (χ1v) is 30.3. The highest BCUT2D eigenvalue weighted by molar-refractivity contribution is 6.02. The number of carbonyl (C=O) groups is 6. The van der Waals surface area contributed by atoms with Crippen LogP contribution in [0.2, 0.25) is 0 Å². The van der Waals surface area contributed by atoms with Gasteiger partial charge < -0.3 is 51.0 Å². The van der Waals surface area contributed by atoms with Crippen LogP contribution in [0.3, 0.4) is 0 Å². The highest BCUT2D eigenvalue weighted by Gasteiger charge is 2.26. The maximum Gasteiger partial charge on any atom is 0.335 e. The monoisotopic (exact) mass is 1280 g/mol. The van der Waals surface area contributed by atoms with Crippen molar-refractivity contribution in [1.29, 1.82) is 0 Å². The molecule has 0 aliphatic heterocycles. The molecule has 15 aromatic rings. The van der Waals surface area contributed by atoms with Crippen molar-refractivity contribution in [1.82, 2.24) is 55.5 Å². The van der Waals surface area contributed by atoms with E-state index in [1.54, 1.807) is 48.7 Å². The molecule has 0 saturated carbocycles. The van der Waals surface area contributed by atoms with Gasteiger partial charge in [-0.25, -0.2) is 44.3 Å². The van der Waals surface area contributed by atoms with E-state index in [1.807, 2.05) is 158 Å². The maximum absolute atomic E-state index is 13.0. The van der Waals surface area contributed by atoms with Crippen LogP contribution in [0.5, 0.6) is 0 Å². The molecule has 0 aliphatic carbocycles. The summed E-state index contributed by atoms with van der Waals surface area (Å²) in [5.41, 5.74) is 20.9. The van der Waals surface area contributed by atoms with Gasteiger partial charge in [0, 0.05) is 81.7 Å². The molecule has 3 atom stereocenters. The number of aromatic carboxylic acids is 1. The molecule has 0 aliphatic rings. The predicted molar refractivity (Wildman–Crippen MR) is 366 cm³/mol. The van der Waals surface area contributed by atoms with E-state index < -0.39 is 41.9 Å². The van der Waals surface area contributed by atoms with Crippen LogP contribution in [-0.2, 0) is 43.1 Å². The number of ether oxygens (including phenoxy) is 2. The molecule has 0 radical (unpaired) electrons. The normalized spacial score (nSPS) is 12.0. The van der Waals surface area contributed by atoms with E-state index in [-0.39, 0.29) is 23.9 Å². The molecule has 476 valence electrons. The van der Waals surface area contributed by atoms with Gasteiger partial charge in [-0.2, -0.15) is 0 Å². The van der Waals surface area contributed by atoms with Crippen LogP contribution >= 0.6 is 0 Å². The van der Waals surface area contributed by atoms with Gasteiger partial charge >= 0.3 is 23.9 Å². The molecule has 15 rings (SSSR count). The summed E-state index contributed by atoms with van der Waals surface area (Å²) in [6, 6.07) is 58.3. The Kier molecular flexibility index (Phi) is 18.7. The number of carboxylic acids is 2. The average Bonchev–Trinajstić information content (AvgIpc) is 1.29. The Balaban J connectivity index is 0.000000128. The number of hydrogen-bond acceptors (Lipinski definition) is 15. The summed E-state index contributed by atoms with van der Waals surface area (Å²) < 4.78 is 9.54. The van der Waals surface area contributed by atoms with Crippen LogP contribution in [-0.4, -0.2) is 123 Å². The van der Waals surface area contributed by atoms with Crippen LogP contribution in [0, 0.1) is 0 Å². The molecule has 96 heavy (non-hydrogen) atoms. The third kappa shape index (κ3) is 14.3. The highest BCUT2D eigenvalue weighted by Crippen LogP contribution is 2.25. The summed E-state index contributed by atoms with van der Waals surface area (Å²) in [5.74, 6) is -3.78. The lowest BCUT2D eigenvalue weighted by Gasteiger charge is -2.16. The Bertz CT molecular complexity index is 5460. The molecule has 9 N–H and O–H groups in total. The van der Waals surface area contributed by atoms with Gasteiger partial charge in [-0.1, -0.05) is 91.0 Å². The smallest absolute Gasteiger partial charge is 0.335 e. The maximum atomic E-state index is 13.0. The number of nitrogens with two attached hydrogens (primary N) is 1. The summed E-state index contributed by atoms with van der Waals surface area (Å²) in [4.78, 5) is 109. The van der Waals surface area contributed by atoms with Crippen molar-refractivity contribution in [3.8, 4) is 0 Å². The number of rotatable bonds is 14. The summed E-state index contributed by atoms with van der Waals surface area (Å²) in [5, 5.41) is 27.1. The van der Waals surface area contributed by atoms with Crippen LogP contribution in [0.1, 0.15) is 47.8 Å². The van der Waals surface area contributed by atoms with Crippen molar-refractivity contribution >= 4 is 135 Å². The number of benzene rings is 9. The lowest BCUT2D eigenvalue weighted by molar-refractivity contribution is -0.143. The number of aromatic nitrogens is 9. The third-order valence-corrected chi connectivity index (χ3v) is 16.0. The second-order valence-electron chi connectivity index (χ2n) is 22.3. The SMILES string of the molecule is COC(=O)[C@@H](N)Cc1c[nH]c2ccccc12.COC(=O)[C@H](Cc1c[nH]c2ccccc12)NC(=O)c1ccc2nc3ccccc3nc2c1.O=C(N[C@@H](Cc1c[nH]c2ccccc12)C(=O)O)c1ccc2nc3ccccc3nc2c1.O=C(O)c1ccc2nc3ccccc3nc2c1. The van der Waals surface area contributed by atoms with Crippen LogP contribution in [0.4, 0.5) is 0 Å². The van der Waals surface area contributed by atoms with Crippen molar-refractivity contribution in [3.63, 3.8) is 0 Å². The molecule has 22 nitrogen and oxygen atoms in total. The number of carbonyl (C=O) groups excluding carboxylic acids is 4. The molecule has 0 saturated heterocycles. The minimum atomic E-state index is -1.09. The zero-order chi connectivity index (χ0) is 66.8. The molecule has 6 heterocycles. The van der Waals surface area contributed by atoms with Crippen molar-refractivity contribution < 1.29 is 48.5 Å². The fourth-order valence-corrected chi connectivity index (χ4v) is 11.1. The fourth-order valence-electron chi connectivity index (χ4n) is 11.1. The van der Waals surface area contributed by atoms with Crippen molar-refractivity contribution in [2.45, 2.75) is 37.4 Å². The minimum absolute atomic E-state index is 0.170.